The fraction of sp³-hybridized carbons (Fsp3) is 0.0769. The Labute approximate surface area is 108 Å². The van der Waals surface area contributed by atoms with Gasteiger partial charge >= 0.3 is 0 Å². The number of aromatic hydroxyl groups is 1. The Balaban J connectivity index is 1.85. The first-order chi connectivity index (χ1) is 8.84. The van der Waals surface area contributed by atoms with Crippen molar-refractivity contribution in [2.45, 2.75) is 6.54 Å². The van der Waals surface area contributed by atoms with E-state index in [0.717, 1.165) is 21.6 Å². The normalized spacial score (nSPS) is 10.7. The molecular formula is C13H11N3OS. The fourth-order valence-electron chi connectivity index (χ4n) is 1.77. The van der Waals surface area contributed by atoms with Crippen molar-refractivity contribution in [3.63, 3.8) is 0 Å². The number of hydrogen-bond donors (Lipinski definition) is 2. The Kier molecular flexibility index (Phi) is 2.82. The molecule has 0 saturated carbocycles. The highest BCUT2D eigenvalue weighted by molar-refractivity contribution is 7.16. The van der Waals surface area contributed by atoms with Crippen molar-refractivity contribution >= 4 is 27.4 Å². The Morgan fingerprint density at radius 1 is 1.17 bits per heavy atom. The van der Waals surface area contributed by atoms with Crippen molar-refractivity contribution in [1.29, 1.82) is 0 Å². The van der Waals surface area contributed by atoms with E-state index in [-0.39, 0.29) is 0 Å². The summed E-state index contributed by atoms with van der Waals surface area (Å²) in [5.41, 5.74) is 0.847. The SMILES string of the molecule is Oc1ccccc1CNc1ncnc2sccc12. The molecule has 2 heterocycles. The topological polar surface area (TPSA) is 58.0 Å². The lowest BCUT2D eigenvalue weighted by atomic mass is 10.2. The quantitative estimate of drug-likeness (QED) is 0.757. The van der Waals surface area contributed by atoms with Crippen LogP contribution in [0.5, 0.6) is 5.75 Å². The zero-order valence-corrected chi connectivity index (χ0v) is 10.3. The molecule has 0 aliphatic heterocycles. The zero-order valence-electron chi connectivity index (χ0n) is 9.50. The van der Waals surface area contributed by atoms with Crippen LogP contribution in [0.3, 0.4) is 0 Å². The predicted octanol–water partition coefficient (Wildman–Crippen LogP) is 3.01. The molecule has 0 aliphatic carbocycles. The first kappa shape index (κ1) is 11.0. The van der Waals surface area contributed by atoms with Crippen LogP contribution in [0.25, 0.3) is 10.2 Å². The lowest BCUT2D eigenvalue weighted by Gasteiger charge is -2.07. The lowest BCUT2D eigenvalue weighted by Crippen LogP contribution is -2.02. The minimum Gasteiger partial charge on any atom is -0.508 e. The van der Waals surface area contributed by atoms with E-state index in [4.69, 9.17) is 0 Å². The van der Waals surface area contributed by atoms with Gasteiger partial charge in [0.05, 0.1) is 5.39 Å². The number of para-hydroxylation sites is 1. The van der Waals surface area contributed by atoms with Crippen molar-refractivity contribution in [2.75, 3.05) is 5.32 Å². The second-order valence-electron chi connectivity index (χ2n) is 3.84. The van der Waals surface area contributed by atoms with Crippen molar-refractivity contribution in [1.82, 2.24) is 9.97 Å². The molecule has 5 heteroatoms. The molecule has 0 unspecified atom stereocenters. The van der Waals surface area contributed by atoms with Crippen LogP contribution >= 0.6 is 11.3 Å². The Morgan fingerprint density at radius 2 is 2.06 bits per heavy atom. The molecule has 3 rings (SSSR count). The highest BCUT2D eigenvalue weighted by Crippen LogP contribution is 2.25. The van der Waals surface area contributed by atoms with E-state index in [1.54, 1.807) is 29.8 Å². The summed E-state index contributed by atoms with van der Waals surface area (Å²) >= 11 is 1.59. The molecule has 0 amide bonds. The predicted molar refractivity (Wildman–Crippen MR) is 72.8 cm³/mol. The largest absolute Gasteiger partial charge is 0.508 e. The number of hydrogen-bond acceptors (Lipinski definition) is 5. The summed E-state index contributed by atoms with van der Waals surface area (Å²) < 4.78 is 0. The summed E-state index contributed by atoms with van der Waals surface area (Å²) in [4.78, 5) is 9.38. The average molecular weight is 257 g/mol. The third-order valence-corrected chi connectivity index (χ3v) is 3.52. The van der Waals surface area contributed by atoms with Crippen LogP contribution in [0.15, 0.2) is 42.0 Å². The molecule has 0 saturated heterocycles. The third kappa shape index (κ3) is 2.00. The standard InChI is InChI=1S/C13H11N3OS/c17-11-4-2-1-3-9(11)7-14-12-10-5-6-18-13(10)16-8-15-12/h1-6,8,17H,7H2,(H,14,15,16). The Bertz CT molecular complexity index is 681. The molecule has 0 atom stereocenters. The molecule has 0 aliphatic rings. The summed E-state index contributed by atoms with van der Waals surface area (Å²) in [7, 11) is 0. The van der Waals surface area contributed by atoms with Gasteiger partial charge in [-0.1, -0.05) is 18.2 Å². The van der Waals surface area contributed by atoms with Crippen molar-refractivity contribution < 1.29 is 5.11 Å². The number of nitrogens with one attached hydrogen (secondary N) is 1. The molecule has 0 fully saturated rings. The number of anilines is 1. The monoisotopic (exact) mass is 257 g/mol. The first-order valence-electron chi connectivity index (χ1n) is 5.53. The maximum absolute atomic E-state index is 9.69. The van der Waals surface area contributed by atoms with Gasteiger partial charge in [-0.3, -0.25) is 0 Å². The number of thiophene rings is 1. The molecule has 0 spiro atoms. The molecule has 1 aromatic carbocycles. The van der Waals surface area contributed by atoms with Crippen LogP contribution in [-0.4, -0.2) is 15.1 Å². The van der Waals surface area contributed by atoms with Crippen LogP contribution in [-0.2, 0) is 6.54 Å². The molecule has 3 aromatic rings. The summed E-state index contributed by atoms with van der Waals surface area (Å²) in [6.07, 6.45) is 1.55. The number of nitrogens with zero attached hydrogens (tertiary/aromatic N) is 2. The number of phenolic OH excluding ortho intramolecular Hbond substituents is 1. The van der Waals surface area contributed by atoms with E-state index in [9.17, 15) is 5.11 Å². The Morgan fingerprint density at radius 3 is 2.94 bits per heavy atom. The fourth-order valence-corrected chi connectivity index (χ4v) is 2.50. The lowest BCUT2D eigenvalue weighted by molar-refractivity contribution is 0.469. The molecule has 2 aromatic heterocycles. The van der Waals surface area contributed by atoms with Crippen molar-refractivity contribution in [3.05, 3.63) is 47.6 Å². The smallest absolute Gasteiger partial charge is 0.138 e. The molecule has 0 bridgehead atoms. The van der Waals surface area contributed by atoms with Gasteiger partial charge in [0.1, 0.15) is 22.7 Å². The van der Waals surface area contributed by atoms with E-state index in [1.165, 1.54) is 0 Å². The second kappa shape index (κ2) is 4.62. The van der Waals surface area contributed by atoms with Gasteiger partial charge in [-0.05, 0) is 17.5 Å². The van der Waals surface area contributed by atoms with Gasteiger partial charge in [0.2, 0.25) is 0 Å². The van der Waals surface area contributed by atoms with Crippen molar-refractivity contribution in [3.8, 4) is 5.75 Å². The molecule has 2 N–H and O–H groups in total. The van der Waals surface area contributed by atoms with Gasteiger partial charge in [0, 0.05) is 12.1 Å². The number of rotatable bonds is 3. The summed E-state index contributed by atoms with van der Waals surface area (Å²) in [6, 6.07) is 9.26. The molecule has 0 radical (unpaired) electrons. The maximum atomic E-state index is 9.69. The van der Waals surface area contributed by atoms with E-state index in [1.807, 2.05) is 23.6 Å². The van der Waals surface area contributed by atoms with E-state index >= 15 is 0 Å². The van der Waals surface area contributed by atoms with E-state index in [0.29, 0.717) is 12.3 Å². The number of aromatic nitrogens is 2. The van der Waals surface area contributed by atoms with Crippen LogP contribution in [0, 0.1) is 0 Å². The summed E-state index contributed by atoms with van der Waals surface area (Å²) in [6.45, 7) is 0.536. The van der Waals surface area contributed by atoms with Gasteiger partial charge in [-0.2, -0.15) is 0 Å². The summed E-state index contributed by atoms with van der Waals surface area (Å²) in [5.74, 6) is 1.09. The molecule has 18 heavy (non-hydrogen) atoms. The van der Waals surface area contributed by atoms with Crippen LogP contribution in [0.1, 0.15) is 5.56 Å². The van der Waals surface area contributed by atoms with Crippen LogP contribution in [0.4, 0.5) is 5.82 Å². The molecule has 90 valence electrons. The molecular weight excluding hydrogens is 246 g/mol. The van der Waals surface area contributed by atoms with Gasteiger partial charge in [0.15, 0.2) is 0 Å². The maximum Gasteiger partial charge on any atom is 0.138 e. The highest BCUT2D eigenvalue weighted by atomic mass is 32.1. The van der Waals surface area contributed by atoms with Gasteiger partial charge in [-0.15, -0.1) is 11.3 Å². The minimum absolute atomic E-state index is 0.292. The first-order valence-corrected chi connectivity index (χ1v) is 6.41. The number of phenols is 1. The van der Waals surface area contributed by atoms with E-state index in [2.05, 4.69) is 15.3 Å². The van der Waals surface area contributed by atoms with Crippen molar-refractivity contribution in [2.24, 2.45) is 0 Å². The average Bonchev–Trinajstić information content (AvgIpc) is 2.86. The van der Waals surface area contributed by atoms with Gasteiger partial charge in [0.25, 0.3) is 0 Å². The van der Waals surface area contributed by atoms with E-state index < -0.39 is 0 Å². The van der Waals surface area contributed by atoms with Crippen LogP contribution < -0.4 is 5.32 Å². The zero-order chi connectivity index (χ0) is 12.4. The van der Waals surface area contributed by atoms with Crippen LogP contribution in [0.2, 0.25) is 0 Å². The molecule has 4 nitrogen and oxygen atoms in total. The van der Waals surface area contributed by atoms with Gasteiger partial charge in [-0.25, -0.2) is 9.97 Å². The Hall–Kier alpha value is -2.14. The third-order valence-electron chi connectivity index (χ3n) is 2.70. The summed E-state index contributed by atoms with van der Waals surface area (Å²) in [5, 5.41) is 15.9. The highest BCUT2D eigenvalue weighted by Gasteiger charge is 2.05. The minimum atomic E-state index is 0.292. The second-order valence-corrected chi connectivity index (χ2v) is 4.74. The number of fused-ring (bicyclic) bond motifs is 1. The van der Waals surface area contributed by atoms with Gasteiger partial charge < -0.3 is 10.4 Å². The number of benzene rings is 1.